The molecule has 30 heavy (non-hydrogen) atoms. The Kier molecular flexibility index (Phi) is 7.90. The van der Waals surface area contributed by atoms with Crippen molar-refractivity contribution in [2.45, 2.75) is 38.6 Å². The summed E-state index contributed by atoms with van der Waals surface area (Å²) in [6.45, 7) is 4.99. The largest absolute Gasteiger partial charge is 0.357 e. The van der Waals surface area contributed by atoms with Crippen LogP contribution >= 0.6 is 0 Å². The van der Waals surface area contributed by atoms with E-state index in [9.17, 15) is 13.2 Å². The van der Waals surface area contributed by atoms with Crippen molar-refractivity contribution in [3.63, 3.8) is 0 Å². The van der Waals surface area contributed by atoms with Gasteiger partial charge < -0.3 is 15.5 Å². The molecule has 0 saturated carbocycles. The van der Waals surface area contributed by atoms with Gasteiger partial charge in [-0.15, -0.1) is 0 Å². The monoisotopic (exact) mass is 432 g/mol. The first-order valence-electron chi connectivity index (χ1n) is 10.7. The number of nitrogens with zero attached hydrogens (tertiary/aromatic N) is 2. The molecule has 3 rings (SSSR count). The molecule has 2 aliphatic rings. The van der Waals surface area contributed by atoms with Crippen molar-refractivity contribution in [3.8, 4) is 0 Å². The molecular weight excluding hydrogens is 400 g/mol. The summed E-state index contributed by atoms with van der Waals surface area (Å²) in [4.78, 5) is 19.0. The molecule has 8 heteroatoms. The van der Waals surface area contributed by atoms with Crippen LogP contribution in [-0.2, 0) is 14.6 Å². The molecule has 2 heterocycles. The number of carbonyl (C=O) groups is 1. The molecule has 1 amide bonds. The molecule has 7 nitrogen and oxygen atoms in total. The van der Waals surface area contributed by atoms with E-state index in [0.29, 0.717) is 13.0 Å². The van der Waals surface area contributed by atoms with Crippen molar-refractivity contribution < 1.29 is 13.2 Å². The summed E-state index contributed by atoms with van der Waals surface area (Å²) in [7, 11) is -2.98. The maximum Gasteiger partial charge on any atom is 0.222 e. The first-order chi connectivity index (χ1) is 14.4. The van der Waals surface area contributed by atoms with Crippen LogP contribution in [0.15, 0.2) is 40.9 Å². The third-order valence-corrected chi connectivity index (χ3v) is 7.18. The van der Waals surface area contributed by atoms with Gasteiger partial charge in [-0.2, -0.15) is 0 Å². The van der Waals surface area contributed by atoms with Crippen molar-refractivity contribution in [2.75, 3.05) is 37.7 Å². The van der Waals surface area contributed by atoms with Crippen LogP contribution in [0.25, 0.3) is 6.08 Å². The number of nitrogens with one attached hydrogen (secondary N) is 2. The second-order valence-electron chi connectivity index (χ2n) is 7.85. The number of piperidine rings is 1. The molecule has 2 saturated heterocycles. The number of hydrogen-bond acceptors (Lipinski definition) is 4. The van der Waals surface area contributed by atoms with E-state index in [-0.39, 0.29) is 29.9 Å². The highest BCUT2D eigenvalue weighted by Crippen LogP contribution is 2.19. The van der Waals surface area contributed by atoms with Crippen molar-refractivity contribution >= 4 is 27.8 Å². The second kappa shape index (κ2) is 10.6. The van der Waals surface area contributed by atoms with Crippen molar-refractivity contribution in [1.82, 2.24) is 15.5 Å². The Morgan fingerprint density at radius 1 is 1.23 bits per heavy atom. The average molecular weight is 433 g/mol. The van der Waals surface area contributed by atoms with Gasteiger partial charge in [-0.3, -0.25) is 9.79 Å². The maximum atomic E-state index is 12.1. The van der Waals surface area contributed by atoms with E-state index >= 15 is 0 Å². The topological polar surface area (TPSA) is 90.9 Å². The summed E-state index contributed by atoms with van der Waals surface area (Å²) in [5, 5.41) is 6.14. The molecule has 1 aromatic carbocycles. The average Bonchev–Trinajstić information content (AvgIpc) is 3.07. The molecular formula is C22H32N4O3S. The predicted octanol–water partition coefficient (Wildman–Crippen LogP) is 1.82. The van der Waals surface area contributed by atoms with Crippen LogP contribution in [0.2, 0.25) is 0 Å². The van der Waals surface area contributed by atoms with Crippen LogP contribution in [0, 0.1) is 0 Å². The lowest BCUT2D eigenvalue weighted by atomic mass is 10.0. The predicted molar refractivity (Wildman–Crippen MR) is 121 cm³/mol. The molecule has 0 aliphatic carbocycles. The van der Waals surface area contributed by atoms with Crippen LogP contribution in [-0.4, -0.2) is 68.9 Å². The second-order valence-corrected chi connectivity index (χ2v) is 10.1. The van der Waals surface area contributed by atoms with Gasteiger partial charge in [0.05, 0.1) is 18.1 Å². The lowest BCUT2D eigenvalue weighted by Crippen LogP contribution is -2.44. The summed E-state index contributed by atoms with van der Waals surface area (Å²) in [6.07, 6.45) is 5.03. The van der Waals surface area contributed by atoms with E-state index in [1.165, 1.54) is 11.1 Å². The number of guanidine groups is 1. The van der Waals surface area contributed by atoms with E-state index in [1.807, 2.05) is 13.0 Å². The van der Waals surface area contributed by atoms with Crippen LogP contribution in [0.1, 0.15) is 38.2 Å². The van der Waals surface area contributed by atoms with Gasteiger partial charge in [-0.05, 0) is 31.7 Å². The van der Waals surface area contributed by atoms with Crippen molar-refractivity contribution in [2.24, 2.45) is 4.99 Å². The summed E-state index contributed by atoms with van der Waals surface area (Å²) >= 11 is 0. The van der Waals surface area contributed by atoms with Gasteiger partial charge in [0.1, 0.15) is 0 Å². The van der Waals surface area contributed by atoms with Crippen LogP contribution in [0.4, 0.5) is 0 Å². The fraction of sp³-hybridized carbons (Fsp3) is 0.545. The smallest absolute Gasteiger partial charge is 0.222 e. The van der Waals surface area contributed by atoms with Crippen LogP contribution in [0.5, 0.6) is 0 Å². The number of rotatable bonds is 6. The number of benzene rings is 1. The molecule has 1 atom stereocenters. The Bertz CT molecular complexity index is 871. The van der Waals surface area contributed by atoms with Gasteiger partial charge >= 0.3 is 0 Å². The fourth-order valence-corrected chi connectivity index (χ4v) is 5.51. The van der Waals surface area contributed by atoms with Gasteiger partial charge in [-0.25, -0.2) is 8.42 Å². The Labute approximate surface area is 179 Å². The highest BCUT2D eigenvalue weighted by Gasteiger charge is 2.28. The minimum Gasteiger partial charge on any atom is -0.357 e. The minimum atomic E-state index is -2.98. The van der Waals surface area contributed by atoms with E-state index in [1.54, 1.807) is 0 Å². The molecule has 2 fully saturated rings. The zero-order valence-corrected chi connectivity index (χ0v) is 18.5. The lowest BCUT2D eigenvalue weighted by molar-refractivity contribution is -0.121. The molecule has 0 aromatic heterocycles. The Hall–Kier alpha value is -2.35. The standard InChI is InChI=1S/C22H32N4O3S/c1-2-23-22(24-12-8-21(27)25-20-11-15-30(28,29)17-20)26-13-9-19(10-14-26)16-18-6-4-3-5-7-18/h3-7,16,20H,2,8-15,17H2,1H3,(H,23,24)(H,25,27). The molecule has 2 aliphatic heterocycles. The number of amides is 1. The number of aliphatic imine (C=N–C) groups is 1. The quantitative estimate of drug-likeness (QED) is 0.529. The van der Waals surface area contributed by atoms with E-state index < -0.39 is 9.84 Å². The van der Waals surface area contributed by atoms with Crippen molar-refractivity contribution in [3.05, 3.63) is 41.5 Å². The number of likely N-dealkylation sites (tertiary alicyclic amines) is 1. The van der Waals surface area contributed by atoms with Gasteiger partial charge in [-0.1, -0.05) is 42.0 Å². The van der Waals surface area contributed by atoms with E-state index in [2.05, 4.69) is 50.9 Å². The summed E-state index contributed by atoms with van der Waals surface area (Å²) in [5.41, 5.74) is 2.68. The van der Waals surface area contributed by atoms with Crippen LogP contribution < -0.4 is 10.6 Å². The first-order valence-corrected chi connectivity index (χ1v) is 12.5. The molecule has 1 unspecified atom stereocenters. The van der Waals surface area contributed by atoms with Crippen LogP contribution in [0.3, 0.4) is 0 Å². The third kappa shape index (κ3) is 6.86. The van der Waals surface area contributed by atoms with E-state index in [4.69, 9.17) is 0 Å². The molecule has 164 valence electrons. The normalized spacial score (nSPS) is 21.4. The summed E-state index contributed by atoms with van der Waals surface area (Å²) in [6, 6.07) is 10.1. The Morgan fingerprint density at radius 2 is 1.97 bits per heavy atom. The number of hydrogen-bond donors (Lipinski definition) is 2. The van der Waals surface area contributed by atoms with E-state index in [0.717, 1.165) is 38.4 Å². The molecule has 0 spiro atoms. The third-order valence-electron chi connectivity index (χ3n) is 5.41. The SMILES string of the molecule is CCNC(=NCCC(=O)NC1CCS(=O)(=O)C1)N1CCC(=Cc2ccccc2)CC1. The van der Waals surface area contributed by atoms with Gasteiger partial charge in [0.25, 0.3) is 0 Å². The first kappa shape index (κ1) is 22.3. The number of carbonyl (C=O) groups excluding carboxylic acids is 1. The fourth-order valence-electron chi connectivity index (χ4n) is 3.83. The van der Waals surface area contributed by atoms with Gasteiger partial charge in [0.2, 0.25) is 5.91 Å². The zero-order chi connectivity index (χ0) is 21.4. The highest BCUT2D eigenvalue weighted by atomic mass is 32.2. The molecule has 0 radical (unpaired) electrons. The minimum absolute atomic E-state index is 0.0528. The summed E-state index contributed by atoms with van der Waals surface area (Å²) < 4.78 is 23.0. The zero-order valence-electron chi connectivity index (χ0n) is 17.6. The molecule has 0 bridgehead atoms. The van der Waals surface area contributed by atoms with Gasteiger partial charge in [0.15, 0.2) is 15.8 Å². The number of sulfone groups is 1. The van der Waals surface area contributed by atoms with Crippen molar-refractivity contribution in [1.29, 1.82) is 0 Å². The molecule has 1 aromatic rings. The lowest BCUT2D eigenvalue weighted by Gasteiger charge is -2.31. The summed E-state index contributed by atoms with van der Waals surface area (Å²) in [5.74, 6) is 0.920. The molecule has 2 N–H and O–H groups in total. The van der Waals surface area contributed by atoms with Gasteiger partial charge in [0, 0.05) is 32.1 Å². The maximum absolute atomic E-state index is 12.1. The highest BCUT2D eigenvalue weighted by molar-refractivity contribution is 7.91. The Balaban J connectivity index is 1.47. The Morgan fingerprint density at radius 3 is 2.60 bits per heavy atom.